The van der Waals surface area contributed by atoms with Gasteiger partial charge in [-0.1, -0.05) is 12.1 Å². The summed E-state index contributed by atoms with van der Waals surface area (Å²) in [6, 6.07) is 14.2. The van der Waals surface area contributed by atoms with Gasteiger partial charge in [-0.2, -0.15) is 0 Å². The van der Waals surface area contributed by atoms with Crippen molar-refractivity contribution in [3.63, 3.8) is 0 Å². The number of para-hydroxylation sites is 1. The number of ether oxygens (including phenoxy) is 1. The molecular weight excluding hydrogens is 350 g/mol. The molecule has 6 nitrogen and oxygen atoms in total. The van der Waals surface area contributed by atoms with Crippen molar-refractivity contribution in [1.29, 1.82) is 0 Å². The summed E-state index contributed by atoms with van der Waals surface area (Å²) in [5, 5.41) is 7.82. The molecule has 1 aromatic heterocycles. The number of amides is 2. The van der Waals surface area contributed by atoms with E-state index < -0.39 is 0 Å². The lowest BCUT2D eigenvalue weighted by Crippen LogP contribution is -2.12. The molecule has 0 aliphatic heterocycles. The molecule has 0 fully saturated rings. The van der Waals surface area contributed by atoms with Gasteiger partial charge < -0.3 is 10.1 Å². The zero-order valence-corrected chi connectivity index (χ0v) is 15.1. The number of hydrogen-bond donors (Lipinski definition) is 2. The van der Waals surface area contributed by atoms with Gasteiger partial charge in [-0.05, 0) is 36.4 Å². The van der Waals surface area contributed by atoms with Gasteiger partial charge in [0.2, 0.25) is 5.91 Å². The van der Waals surface area contributed by atoms with Crippen LogP contribution in [-0.4, -0.2) is 23.9 Å². The molecule has 0 saturated carbocycles. The molecule has 0 unspecified atom stereocenters. The minimum Gasteiger partial charge on any atom is -0.496 e. The molecule has 7 heteroatoms. The van der Waals surface area contributed by atoms with E-state index in [1.807, 2.05) is 29.6 Å². The molecule has 3 aromatic rings. The van der Waals surface area contributed by atoms with Gasteiger partial charge in [0.05, 0.1) is 12.8 Å². The summed E-state index contributed by atoms with van der Waals surface area (Å²) in [7, 11) is 1.61. The van der Waals surface area contributed by atoms with Gasteiger partial charge in [0.1, 0.15) is 5.75 Å². The highest BCUT2D eigenvalue weighted by molar-refractivity contribution is 7.14. The summed E-state index contributed by atoms with van der Waals surface area (Å²) in [5.74, 6) is 0.304. The second-order valence-electron chi connectivity index (χ2n) is 5.45. The van der Waals surface area contributed by atoms with Crippen molar-refractivity contribution < 1.29 is 17.2 Å². The fraction of sp³-hybridized carbons (Fsp3) is 0.105. The Morgan fingerprint density at radius 1 is 1.08 bits per heavy atom. The average molecular weight is 371 g/mol. The number of carbonyl (C=O) groups excluding carboxylic acids is 2. The maximum atomic E-state index is 12.4. The molecule has 0 radical (unpaired) electrons. The van der Waals surface area contributed by atoms with Crippen LogP contribution < -0.4 is 15.4 Å². The largest absolute Gasteiger partial charge is 0.496 e. The topological polar surface area (TPSA) is 80.3 Å². The fourth-order valence-corrected chi connectivity index (χ4v) is 3.09. The van der Waals surface area contributed by atoms with Crippen molar-refractivity contribution in [2.75, 3.05) is 17.7 Å². The minimum absolute atomic E-state index is 0. The molecule has 0 saturated heterocycles. The van der Waals surface area contributed by atoms with Gasteiger partial charge in [-0.25, -0.2) is 4.98 Å². The van der Waals surface area contributed by atoms with Crippen molar-refractivity contribution in [2.45, 2.75) is 6.92 Å². The fourth-order valence-electron chi connectivity index (χ4n) is 2.39. The molecule has 1 heterocycles. The number of benzene rings is 2. The van der Waals surface area contributed by atoms with Crippen molar-refractivity contribution in [3.8, 4) is 17.0 Å². The number of thiazole rings is 1. The Hall–Kier alpha value is -3.19. The first-order valence-electron chi connectivity index (χ1n) is 7.85. The third kappa shape index (κ3) is 4.07. The SMILES string of the molecule is COc1ccccc1-c1csc(NC(=O)c2ccc(NC(C)=O)cc2)n1.[HH].[HH]. The summed E-state index contributed by atoms with van der Waals surface area (Å²) in [4.78, 5) is 27.9. The highest BCUT2D eigenvalue weighted by Crippen LogP contribution is 2.32. The molecule has 3 rings (SSSR count). The smallest absolute Gasteiger partial charge is 0.257 e. The van der Waals surface area contributed by atoms with E-state index in [2.05, 4.69) is 15.6 Å². The summed E-state index contributed by atoms with van der Waals surface area (Å²) < 4.78 is 5.35. The van der Waals surface area contributed by atoms with Gasteiger partial charge >= 0.3 is 0 Å². The van der Waals surface area contributed by atoms with Gasteiger partial charge in [0, 0.05) is 32.0 Å². The first kappa shape index (κ1) is 17.6. The van der Waals surface area contributed by atoms with Crippen LogP contribution in [-0.2, 0) is 4.79 Å². The number of aromatic nitrogens is 1. The van der Waals surface area contributed by atoms with Crippen LogP contribution in [0, 0.1) is 0 Å². The van der Waals surface area contributed by atoms with E-state index in [1.165, 1.54) is 18.3 Å². The van der Waals surface area contributed by atoms with Gasteiger partial charge in [0.15, 0.2) is 5.13 Å². The Bertz CT molecular complexity index is 946. The molecular formula is C19H21N3O3S. The van der Waals surface area contributed by atoms with E-state index in [0.717, 1.165) is 17.0 Å². The van der Waals surface area contributed by atoms with E-state index in [0.29, 0.717) is 16.4 Å². The van der Waals surface area contributed by atoms with E-state index >= 15 is 0 Å². The maximum absolute atomic E-state index is 12.4. The third-order valence-electron chi connectivity index (χ3n) is 3.58. The molecule has 26 heavy (non-hydrogen) atoms. The van der Waals surface area contributed by atoms with E-state index in [1.54, 1.807) is 31.4 Å². The van der Waals surface area contributed by atoms with Crippen LogP contribution >= 0.6 is 11.3 Å². The van der Waals surface area contributed by atoms with Crippen molar-refractivity contribution in [2.24, 2.45) is 0 Å². The predicted molar refractivity (Wildman–Crippen MR) is 107 cm³/mol. The molecule has 2 amide bonds. The van der Waals surface area contributed by atoms with Crippen molar-refractivity contribution in [1.82, 2.24) is 4.98 Å². The minimum atomic E-state index is -0.264. The average Bonchev–Trinajstić information content (AvgIpc) is 3.10. The predicted octanol–water partition coefficient (Wildman–Crippen LogP) is 4.52. The van der Waals surface area contributed by atoms with Crippen LogP contribution in [0.4, 0.5) is 10.8 Å². The summed E-state index contributed by atoms with van der Waals surface area (Å²) in [5.41, 5.74) is 2.73. The molecule has 2 aromatic carbocycles. The summed E-state index contributed by atoms with van der Waals surface area (Å²) in [6.07, 6.45) is 0. The molecule has 136 valence electrons. The maximum Gasteiger partial charge on any atom is 0.257 e. The first-order valence-corrected chi connectivity index (χ1v) is 8.72. The second-order valence-corrected chi connectivity index (χ2v) is 6.31. The molecule has 0 spiro atoms. The lowest BCUT2D eigenvalue weighted by molar-refractivity contribution is -0.114. The summed E-state index contributed by atoms with van der Waals surface area (Å²) >= 11 is 1.34. The molecule has 2 N–H and O–H groups in total. The molecule has 0 atom stereocenters. The third-order valence-corrected chi connectivity index (χ3v) is 4.33. The van der Waals surface area contributed by atoms with Crippen LogP contribution in [0.25, 0.3) is 11.3 Å². The lowest BCUT2D eigenvalue weighted by atomic mass is 10.1. The normalized spacial score (nSPS) is 10.2. The molecule has 0 bridgehead atoms. The highest BCUT2D eigenvalue weighted by atomic mass is 32.1. The van der Waals surface area contributed by atoms with Crippen LogP contribution in [0.1, 0.15) is 20.1 Å². The first-order chi connectivity index (χ1) is 12.6. The van der Waals surface area contributed by atoms with Crippen LogP contribution in [0.15, 0.2) is 53.9 Å². The molecule has 0 aliphatic rings. The van der Waals surface area contributed by atoms with E-state index in [9.17, 15) is 9.59 Å². The van der Waals surface area contributed by atoms with Crippen LogP contribution in [0.2, 0.25) is 0 Å². The van der Waals surface area contributed by atoms with Gasteiger partial charge in [-0.3, -0.25) is 14.9 Å². The Morgan fingerprint density at radius 2 is 1.81 bits per heavy atom. The zero-order chi connectivity index (χ0) is 18.5. The zero-order valence-electron chi connectivity index (χ0n) is 14.3. The number of nitrogens with zero attached hydrogens (tertiary/aromatic N) is 1. The van der Waals surface area contributed by atoms with Gasteiger partial charge in [-0.15, -0.1) is 11.3 Å². The summed E-state index contributed by atoms with van der Waals surface area (Å²) in [6.45, 7) is 1.43. The number of carbonyl (C=O) groups is 2. The number of methoxy groups -OCH3 is 1. The Morgan fingerprint density at radius 3 is 2.50 bits per heavy atom. The van der Waals surface area contributed by atoms with Crippen LogP contribution in [0.5, 0.6) is 5.75 Å². The van der Waals surface area contributed by atoms with Gasteiger partial charge in [0.25, 0.3) is 5.91 Å². The second kappa shape index (κ2) is 7.79. The standard InChI is InChI=1S/C19H17N3O3S.2H2/c1-12(23)20-14-9-7-13(8-10-14)18(24)22-19-21-16(11-26-19)15-5-3-4-6-17(15)25-2;;/h3-11H,1-2H3,(H,20,23)(H,21,22,24);2*1H. The van der Waals surface area contributed by atoms with Crippen LogP contribution in [0.3, 0.4) is 0 Å². The lowest BCUT2D eigenvalue weighted by Gasteiger charge is -2.05. The number of anilines is 2. The highest BCUT2D eigenvalue weighted by Gasteiger charge is 2.12. The molecule has 0 aliphatic carbocycles. The Kier molecular flexibility index (Phi) is 5.28. The number of rotatable bonds is 5. The quantitative estimate of drug-likeness (QED) is 0.691. The van der Waals surface area contributed by atoms with E-state index in [-0.39, 0.29) is 14.7 Å². The van der Waals surface area contributed by atoms with Crippen molar-refractivity contribution >= 4 is 34.0 Å². The number of hydrogen-bond acceptors (Lipinski definition) is 5. The Balaban J connectivity index is 0.00000196. The monoisotopic (exact) mass is 371 g/mol. The van der Waals surface area contributed by atoms with Crippen molar-refractivity contribution in [3.05, 3.63) is 59.5 Å². The number of nitrogens with one attached hydrogen (secondary N) is 2. The van der Waals surface area contributed by atoms with E-state index in [4.69, 9.17) is 4.74 Å². The Labute approximate surface area is 157 Å².